The van der Waals surface area contributed by atoms with Crippen molar-refractivity contribution < 1.29 is 104 Å². The molecular formula is C69H121N22O18S+3. The van der Waals surface area contributed by atoms with Crippen LogP contribution < -0.4 is 109 Å². The molecule has 1 aromatic carbocycles. The molecule has 0 saturated carbocycles. The van der Waals surface area contributed by atoms with Gasteiger partial charge in [0.05, 0.1) is 51.3 Å². The van der Waals surface area contributed by atoms with E-state index < -0.39 is 194 Å². The number of nitrogens with zero attached hydrogens (tertiary/aromatic N) is 1. The SMILES string of the molecule is CSCC[C@H](NC(=O)[C@H](CC(C)C)NC(=O)[C@H](CCCCNC(C)=O)NC(=O)[C@H](CCCC[NH3+])NC(=O)[C@H](Cc1cnc[nH]1)NC(=O)[C@H](CCCNC(N)N)NC(=O)[C@H](CO)NC(=O)[C@@H](NC(=O)[C@H](CO)NC(=O)[C@H](CCC(N)=O)NC(=O)CNC(=O)[C@@H]([NH3+])CCCC[NH3+])[C@@H](C)O)C(=O)N[C@H](C=O)Cc1ccccc1. The van der Waals surface area contributed by atoms with E-state index in [0.29, 0.717) is 62.9 Å². The van der Waals surface area contributed by atoms with E-state index in [-0.39, 0.29) is 82.7 Å². The van der Waals surface area contributed by atoms with Crippen LogP contribution in [0, 0.1) is 5.92 Å². The summed E-state index contributed by atoms with van der Waals surface area (Å²) in [6, 6.07) is -8.43. The predicted molar refractivity (Wildman–Crippen MR) is 401 cm³/mol. The fourth-order valence-electron chi connectivity index (χ4n) is 11.0. The Balaban J connectivity index is 2.51. The fourth-order valence-corrected chi connectivity index (χ4v) is 11.5. The summed E-state index contributed by atoms with van der Waals surface area (Å²) in [5.41, 5.74) is 29.2. The first-order valence-corrected chi connectivity index (χ1v) is 38.4. The summed E-state index contributed by atoms with van der Waals surface area (Å²) in [7, 11) is 0. The van der Waals surface area contributed by atoms with Gasteiger partial charge in [-0.15, -0.1) is 0 Å². The van der Waals surface area contributed by atoms with Gasteiger partial charge >= 0.3 is 0 Å². The number of aldehydes is 1. The quantitative estimate of drug-likeness (QED) is 0.0166. The summed E-state index contributed by atoms with van der Waals surface area (Å²) in [4.78, 5) is 211. The lowest BCUT2D eigenvalue weighted by Crippen LogP contribution is -2.68. The lowest BCUT2D eigenvalue weighted by molar-refractivity contribution is -0.406. The number of thioether (sulfide) groups is 1. The van der Waals surface area contributed by atoms with Crippen molar-refractivity contribution in [3.05, 3.63) is 54.1 Å². The van der Waals surface area contributed by atoms with Crippen molar-refractivity contribution in [2.24, 2.45) is 23.1 Å². The maximum absolute atomic E-state index is 14.8. The van der Waals surface area contributed by atoms with Gasteiger partial charge in [0.25, 0.3) is 5.91 Å². The average Bonchev–Trinajstić information content (AvgIpc) is 1.04. The third-order valence-corrected chi connectivity index (χ3v) is 17.7. The van der Waals surface area contributed by atoms with Gasteiger partial charge in [-0.05, 0) is 127 Å². The van der Waals surface area contributed by atoms with Crippen molar-refractivity contribution in [1.82, 2.24) is 84.4 Å². The van der Waals surface area contributed by atoms with Crippen LogP contribution in [0.5, 0.6) is 0 Å². The lowest BCUT2D eigenvalue weighted by Gasteiger charge is -2.29. The van der Waals surface area contributed by atoms with Crippen LogP contribution in [0.15, 0.2) is 42.9 Å². The average molecular weight is 1580 g/mol. The van der Waals surface area contributed by atoms with E-state index in [1.165, 1.54) is 31.2 Å². The number of imidazole rings is 1. The number of H-pyrrole nitrogens is 1. The zero-order valence-corrected chi connectivity index (χ0v) is 64.4. The molecule has 0 fully saturated rings. The van der Waals surface area contributed by atoms with Gasteiger partial charge in [0.1, 0.15) is 73.0 Å². The second kappa shape index (κ2) is 54.3. The molecule has 0 unspecified atom stereocenters. The molecule has 0 spiro atoms. The number of aliphatic hydroxyl groups excluding tert-OH is 3. The molecule has 0 aliphatic heterocycles. The zero-order valence-electron chi connectivity index (χ0n) is 63.6. The normalized spacial score (nSPS) is 14.8. The van der Waals surface area contributed by atoms with E-state index in [0.717, 1.165) is 18.9 Å². The van der Waals surface area contributed by atoms with E-state index in [1.54, 1.807) is 24.3 Å². The van der Waals surface area contributed by atoms with Crippen molar-refractivity contribution in [2.45, 2.75) is 222 Å². The minimum atomic E-state index is -1.99. The molecule has 110 heavy (non-hydrogen) atoms. The number of rotatable bonds is 58. The van der Waals surface area contributed by atoms with Gasteiger partial charge < -0.3 is 129 Å². The number of aromatic amines is 1. The number of aromatic nitrogens is 2. The molecule has 0 aliphatic carbocycles. The first-order chi connectivity index (χ1) is 52.3. The Kier molecular flexibility index (Phi) is 47.8. The van der Waals surface area contributed by atoms with Gasteiger partial charge in [-0.3, -0.25) is 72.4 Å². The van der Waals surface area contributed by atoms with Crippen LogP contribution in [-0.4, -0.2) is 257 Å². The molecule has 0 aliphatic rings. The molecule has 1 aromatic heterocycles. The monoisotopic (exact) mass is 1580 g/mol. The molecule has 0 radical (unpaired) electrons. The number of benzene rings is 1. The number of hydrogen-bond donors (Lipinski definition) is 24. The van der Waals surface area contributed by atoms with Gasteiger partial charge in [-0.25, -0.2) is 4.98 Å². The van der Waals surface area contributed by atoms with Gasteiger partial charge in [0.2, 0.25) is 76.8 Å². The van der Waals surface area contributed by atoms with Gasteiger partial charge in [0, 0.05) is 44.6 Å². The summed E-state index contributed by atoms with van der Waals surface area (Å²) in [6.07, 6.45) is 4.43. The standard InChI is InChI=1S/C69H118N22O18S/c1-39(2)30-51(64(105)86-50(24-29-110-5)59(100)81-44(35-92)31-42-16-7-6-8-17-42)87-61(102)47(20-11-14-27-77-41(4)96)83-60(101)46(19-10-13-26-71)84-65(106)52(32-43-33-76-38-80-43)88-62(103)48(21-15-28-78-69(74)75)85-66(107)53(36-93)90-68(109)57(40(3)95)91-67(108)54(37-94)89-63(104)49(22-23-55(73)97)82-56(98)34-79-58(99)45(72)18-9-12-25-70/h6-8,16-17,33,35,38-40,44-54,57,69,78,93-95H,9-15,18-32,34,36-37,70-72,74-75H2,1-5H3,(H2,73,97)(H,76,80)(H,77,96)(H,79,99)(H,81,100)(H,82,98)(H,83,101)(H,84,106)(H,85,107)(H,86,105)(H,87,102)(H,88,103)(H,89,104)(H,90,109)(H,91,108)/p+3/t40-,44+,45+,46+,47+,48+,49+,50+,51+,52+,53+,54+,57+/m1/s1. The maximum atomic E-state index is 14.8. The van der Waals surface area contributed by atoms with Crippen LogP contribution >= 0.6 is 11.8 Å². The van der Waals surface area contributed by atoms with E-state index in [4.69, 9.17) is 17.2 Å². The molecule has 33 N–H and O–H groups in total. The Hall–Kier alpha value is -9.33. The number of nitrogens with two attached hydrogens (primary N) is 3. The third-order valence-electron chi connectivity index (χ3n) is 17.1. The van der Waals surface area contributed by atoms with Gasteiger partial charge in [-0.1, -0.05) is 44.2 Å². The molecule has 14 amide bonds. The van der Waals surface area contributed by atoms with Crippen molar-refractivity contribution >= 4 is 101 Å². The molecular weight excluding hydrogens is 1460 g/mol. The summed E-state index contributed by atoms with van der Waals surface area (Å²) in [6.45, 7) is 4.41. The van der Waals surface area contributed by atoms with E-state index in [2.05, 4.69) is 102 Å². The molecule has 0 saturated heterocycles. The highest BCUT2D eigenvalue weighted by Crippen LogP contribution is 2.14. The number of carbonyl (C=O) groups is 15. The van der Waals surface area contributed by atoms with Crippen LogP contribution in [0.3, 0.4) is 0 Å². The highest BCUT2D eigenvalue weighted by Gasteiger charge is 2.38. The number of hydrogen-bond acceptors (Lipinski definition) is 23. The topological polar surface area (TPSA) is 675 Å². The van der Waals surface area contributed by atoms with Gasteiger partial charge in [0.15, 0.2) is 6.04 Å². The first kappa shape index (κ1) is 96.7. The molecule has 13 atom stereocenters. The number of aliphatic hydroxyl groups is 3. The predicted octanol–water partition coefficient (Wildman–Crippen LogP) is -10.4. The third kappa shape index (κ3) is 39.3. The number of primary amides is 1. The minimum Gasteiger partial charge on any atom is -0.394 e. The van der Waals surface area contributed by atoms with Crippen LogP contribution in [0.2, 0.25) is 0 Å². The Morgan fingerprint density at radius 2 is 1.02 bits per heavy atom. The first-order valence-electron chi connectivity index (χ1n) is 37.0. The molecule has 2 aromatic rings. The van der Waals surface area contributed by atoms with Crippen molar-refractivity contribution in [3.8, 4) is 0 Å². The largest absolute Gasteiger partial charge is 0.394 e. The maximum Gasteiger partial charge on any atom is 0.278 e. The summed E-state index contributed by atoms with van der Waals surface area (Å²) < 4.78 is 0. The van der Waals surface area contributed by atoms with E-state index in [9.17, 15) is 87.2 Å². The van der Waals surface area contributed by atoms with Crippen LogP contribution in [0.4, 0.5) is 0 Å². The number of carbonyl (C=O) groups excluding carboxylic acids is 15. The van der Waals surface area contributed by atoms with Crippen LogP contribution in [0.1, 0.15) is 135 Å². The molecule has 0 bridgehead atoms. The minimum absolute atomic E-state index is 0.0361. The molecule has 41 heteroatoms. The Labute approximate surface area is 643 Å². The highest BCUT2D eigenvalue weighted by atomic mass is 32.2. The van der Waals surface area contributed by atoms with Crippen LogP contribution in [0.25, 0.3) is 0 Å². The van der Waals surface area contributed by atoms with E-state index in [1.807, 2.05) is 26.2 Å². The Bertz CT molecular complexity index is 3220. The Morgan fingerprint density at radius 3 is 1.52 bits per heavy atom. The van der Waals surface area contributed by atoms with E-state index >= 15 is 0 Å². The molecule has 40 nitrogen and oxygen atoms in total. The smallest absolute Gasteiger partial charge is 0.278 e. The summed E-state index contributed by atoms with van der Waals surface area (Å²) in [5, 5.41) is 67.2. The summed E-state index contributed by atoms with van der Waals surface area (Å²) in [5.74, 6) is -12.3. The molecule has 1 heterocycles. The highest BCUT2D eigenvalue weighted by molar-refractivity contribution is 7.98. The van der Waals surface area contributed by atoms with Crippen molar-refractivity contribution in [1.29, 1.82) is 0 Å². The second-order valence-electron chi connectivity index (χ2n) is 27.1. The number of amides is 14. The molecule has 618 valence electrons. The van der Waals surface area contributed by atoms with Crippen LogP contribution in [-0.2, 0) is 84.8 Å². The Morgan fingerprint density at radius 1 is 0.545 bits per heavy atom. The number of unbranched alkanes of at least 4 members (excludes halogenated alkanes) is 3. The second-order valence-corrected chi connectivity index (χ2v) is 28.0. The van der Waals surface area contributed by atoms with Crippen molar-refractivity contribution in [2.75, 3.05) is 57.9 Å². The summed E-state index contributed by atoms with van der Waals surface area (Å²) >= 11 is 1.42. The van der Waals surface area contributed by atoms with Gasteiger partial charge in [-0.2, -0.15) is 11.8 Å². The lowest BCUT2D eigenvalue weighted by atomic mass is 10.0. The van der Waals surface area contributed by atoms with Crippen molar-refractivity contribution in [3.63, 3.8) is 0 Å². The number of nitrogens with one attached hydrogen (secondary N) is 15. The zero-order chi connectivity index (χ0) is 82.3. The number of quaternary nitrogens is 3. The fraction of sp³-hybridized carbons (Fsp3) is 0.652. The molecule has 2 rings (SSSR count).